The molecule has 0 saturated carbocycles. The molecule has 4 aliphatic carbocycles. The van der Waals surface area contributed by atoms with Crippen molar-refractivity contribution in [1.82, 2.24) is 10.4 Å². The topological polar surface area (TPSA) is 15.3 Å². The quantitative estimate of drug-likeness (QED) is 0.190. The summed E-state index contributed by atoms with van der Waals surface area (Å²) in [6.45, 7) is 4.96. The molecular formula is C43H40N2. The fourth-order valence-corrected chi connectivity index (χ4v) is 7.44. The Morgan fingerprint density at radius 3 is 2.33 bits per heavy atom. The number of fused-ring (bicyclic) bond motifs is 9. The molecule has 0 radical (unpaired) electrons. The van der Waals surface area contributed by atoms with E-state index in [1.54, 1.807) is 5.57 Å². The summed E-state index contributed by atoms with van der Waals surface area (Å²) in [5, 5.41) is 7.81. The molecule has 1 aliphatic heterocycles. The molecule has 1 spiro atoms. The SMILES string of the molecule is C1=CC2CC(=C1)C1(CC=Cc3c1ccc1c3cc(-c3ccccc3)c3ccccc31)CN2NC1=CCC=C1.C1=CC=CC=1.CC. The number of rotatable bonds is 3. The van der Waals surface area contributed by atoms with E-state index in [-0.39, 0.29) is 5.41 Å². The fourth-order valence-electron chi connectivity index (χ4n) is 7.44. The standard InChI is InChI=1S/C36H30N2.C5H4.C2H6/c1-2-10-25(11-3-1)33-23-34-31(29-16-6-7-17-30(29)33)19-20-35-32(34)18-9-21-36(35)24-38(37-27-13-4-5-14-27)28-15-8-12-26(36)22-28;1-2-4-5-3-1;1-2/h1-4,6-20,23,28,37H,5,21-22,24H2;1-4H;1-2H3. The van der Waals surface area contributed by atoms with Crippen molar-refractivity contribution >= 4 is 27.6 Å². The normalized spacial score (nSPS) is 21.7. The zero-order valence-electron chi connectivity index (χ0n) is 26.2. The molecule has 1 fully saturated rings. The van der Waals surface area contributed by atoms with Gasteiger partial charge in [-0.05, 0) is 87.4 Å². The van der Waals surface area contributed by atoms with Gasteiger partial charge in [0.15, 0.2) is 0 Å². The van der Waals surface area contributed by atoms with Crippen molar-refractivity contribution in [2.24, 2.45) is 0 Å². The molecule has 45 heavy (non-hydrogen) atoms. The van der Waals surface area contributed by atoms with Crippen molar-refractivity contribution < 1.29 is 0 Å². The second-order valence-electron chi connectivity index (χ2n) is 11.9. The number of nitrogens with one attached hydrogen (secondary N) is 1. The Morgan fingerprint density at radius 2 is 1.58 bits per heavy atom. The van der Waals surface area contributed by atoms with Gasteiger partial charge in [-0.1, -0.05) is 141 Å². The minimum Gasteiger partial charge on any atom is -0.319 e. The van der Waals surface area contributed by atoms with Gasteiger partial charge in [-0.15, -0.1) is 5.73 Å². The Hall–Kier alpha value is -4.88. The average Bonchev–Trinajstić information content (AvgIpc) is 3.87. The molecule has 4 aromatic carbocycles. The molecule has 0 aromatic heterocycles. The van der Waals surface area contributed by atoms with Gasteiger partial charge in [-0.25, -0.2) is 5.01 Å². The van der Waals surface area contributed by atoms with Crippen LogP contribution in [0.15, 0.2) is 157 Å². The summed E-state index contributed by atoms with van der Waals surface area (Å²) < 4.78 is 0. The molecule has 1 N–H and O–H groups in total. The number of piperidine rings is 1. The van der Waals surface area contributed by atoms with Crippen LogP contribution in [0.2, 0.25) is 0 Å². The molecule has 1 heterocycles. The van der Waals surface area contributed by atoms with Gasteiger partial charge in [0.2, 0.25) is 0 Å². The van der Waals surface area contributed by atoms with Gasteiger partial charge in [0.05, 0.1) is 6.04 Å². The van der Waals surface area contributed by atoms with E-state index in [0.29, 0.717) is 6.04 Å². The van der Waals surface area contributed by atoms with E-state index in [1.165, 1.54) is 49.5 Å². The number of allylic oxidation sites excluding steroid dienone is 9. The van der Waals surface area contributed by atoms with Gasteiger partial charge in [0.25, 0.3) is 0 Å². The highest BCUT2D eigenvalue weighted by Crippen LogP contribution is 2.50. The van der Waals surface area contributed by atoms with E-state index in [1.807, 2.05) is 38.2 Å². The first-order valence-corrected chi connectivity index (χ1v) is 16.4. The predicted molar refractivity (Wildman–Crippen MR) is 193 cm³/mol. The first-order valence-electron chi connectivity index (χ1n) is 16.4. The van der Waals surface area contributed by atoms with E-state index in [9.17, 15) is 0 Å². The highest BCUT2D eigenvalue weighted by atomic mass is 15.5. The maximum Gasteiger partial charge on any atom is 0.0512 e. The lowest BCUT2D eigenvalue weighted by molar-refractivity contribution is 0.106. The van der Waals surface area contributed by atoms with E-state index in [0.717, 1.165) is 25.8 Å². The first-order chi connectivity index (χ1) is 22.3. The zero-order valence-corrected chi connectivity index (χ0v) is 26.2. The largest absolute Gasteiger partial charge is 0.319 e. The van der Waals surface area contributed by atoms with Crippen LogP contribution in [0.3, 0.4) is 0 Å². The van der Waals surface area contributed by atoms with E-state index >= 15 is 0 Å². The monoisotopic (exact) mass is 584 g/mol. The maximum atomic E-state index is 3.77. The lowest BCUT2D eigenvalue weighted by atomic mass is 9.62. The summed E-state index contributed by atoms with van der Waals surface area (Å²) in [7, 11) is 0. The van der Waals surface area contributed by atoms with Crippen LogP contribution in [-0.2, 0) is 5.41 Å². The summed E-state index contributed by atoms with van der Waals surface area (Å²) in [6, 6.07) is 27.4. The number of hydrogen-bond acceptors (Lipinski definition) is 2. The maximum absolute atomic E-state index is 3.77. The highest BCUT2D eigenvalue weighted by molar-refractivity contribution is 6.16. The average molecular weight is 585 g/mol. The minimum absolute atomic E-state index is 0.0338. The van der Waals surface area contributed by atoms with E-state index in [4.69, 9.17) is 0 Å². The Labute approximate surface area is 267 Å². The molecule has 2 nitrogen and oxygen atoms in total. The Balaban J connectivity index is 0.000000419. The van der Waals surface area contributed by atoms with Crippen molar-refractivity contribution in [2.75, 3.05) is 6.54 Å². The van der Waals surface area contributed by atoms with Crippen LogP contribution in [0.25, 0.3) is 38.7 Å². The van der Waals surface area contributed by atoms with Gasteiger partial charge in [-0.2, -0.15) is 0 Å². The van der Waals surface area contributed by atoms with Gasteiger partial charge >= 0.3 is 0 Å². The molecule has 1 saturated heterocycles. The van der Waals surface area contributed by atoms with Crippen LogP contribution in [0.4, 0.5) is 0 Å². The third kappa shape index (κ3) is 5.27. The van der Waals surface area contributed by atoms with Crippen LogP contribution < -0.4 is 5.43 Å². The molecule has 9 rings (SSSR count). The zero-order chi connectivity index (χ0) is 30.6. The fraction of sp³-hybridized carbons (Fsp3) is 0.186. The lowest BCUT2D eigenvalue weighted by Gasteiger charge is -2.51. The van der Waals surface area contributed by atoms with Crippen LogP contribution in [0.1, 0.15) is 44.2 Å². The lowest BCUT2D eigenvalue weighted by Crippen LogP contribution is -2.57. The van der Waals surface area contributed by atoms with Gasteiger partial charge < -0.3 is 5.43 Å². The number of benzene rings is 4. The second kappa shape index (κ2) is 12.6. The van der Waals surface area contributed by atoms with Crippen molar-refractivity contribution in [3.8, 4) is 11.1 Å². The summed E-state index contributed by atoms with van der Waals surface area (Å²) in [5.41, 5.74) is 14.8. The van der Waals surface area contributed by atoms with Gasteiger partial charge in [0.1, 0.15) is 0 Å². The Morgan fingerprint density at radius 1 is 0.800 bits per heavy atom. The predicted octanol–water partition coefficient (Wildman–Crippen LogP) is 10.5. The van der Waals surface area contributed by atoms with Crippen molar-refractivity contribution in [3.05, 3.63) is 168 Å². The number of nitrogens with zero attached hydrogens (tertiary/aromatic N) is 1. The van der Waals surface area contributed by atoms with Crippen LogP contribution in [-0.4, -0.2) is 17.6 Å². The van der Waals surface area contributed by atoms with Gasteiger partial charge in [-0.3, -0.25) is 0 Å². The Kier molecular flexibility index (Phi) is 8.09. The molecule has 2 unspecified atom stereocenters. The Bertz CT molecular complexity index is 1980. The smallest absolute Gasteiger partial charge is 0.0512 e. The highest BCUT2D eigenvalue weighted by Gasteiger charge is 2.46. The summed E-state index contributed by atoms with van der Waals surface area (Å²) >= 11 is 0. The molecule has 4 aromatic rings. The third-order valence-corrected chi connectivity index (χ3v) is 9.49. The van der Waals surface area contributed by atoms with Crippen molar-refractivity contribution in [2.45, 2.75) is 44.6 Å². The van der Waals surface area contributed by atoms with Crippen LogP contribution in [0, 0.1) is 0 Å². The molecule has 2 bridgehead atoms. The summed E-state index contributed by atoms with van der Waals surface area (Å²) in [6.07, 6.45) is 29.3. The molecular weight excluding hydrogens is 544 g/mol. The van der Waals surface area contributed by atoms with Crippen LogP contribution in [0.5, 0.6) is 0 Å². The molecule has 5 aliphatic rings. The molecule has 2 atom stereocenters. The molecule has 222 valence electrons. The number of hydrogen-bond donors (Lipinski definition) is 1. The van der Waals surface area contributed by atoms with E-state index < -0.39 is 0 Å². The molecule has 2 heteroatoms. The molecule has 0 amide bonds. The summed E-state index contributed by atoms with van der Waals surface area (Å²) in [5.74, 6) is 0. The number of hydrazine groups is 1. The van der Waals surface area contributed by atoms with E-state index in [2.05, 4.69) is 138 Å². The van der Waals surface area contributed by atoms with Crippen molar-refractivity contribution in [3.63, 3.8) is 0 Å². The first kappa shape index (κ1) is 28.9. The minimum atomic E-state index is -0.0338. The second-order valence-corrected chi connectivity index (χ2v) is 11.9. The van der Waals surface area contributed by atoms with Crippen LogP contribution >= 0.6 is 0 Å². The van der Waals surface area contributed by atoms with Crippen molar-refractivity contribution in [1.29, 1.82) is 0 Å². The summed E-state index contributed by atoms with van der Waals surface area (Å²) in [4.78, 5) is 0. The van der Waals surface area contributed by atoms with Gasteiger partial charge in [0, 0.05) is 17.7 Å². The third-order valence-electron chi connectivity index (χ3n) is 9.49.